The Kier molecular flexibility index (Phi) is 5.03. The third-order valence-corrected chi connectivity index (χ3v) is 5.28. The molecule has 1 aliphatic rings. The highest BCUT2D eigenvalue weighted by atomic mass is 32.2. The smallest absolute Gasteiger partial charge is 0.240 e. The summed E-state index contributed by atoms with van der Waals surface area (Å²) in [6.07, 6.45) is 1.71. The van der Waals surface area contributed by atoms with E-state index in [0.29, 0.717) is 18.6 Å². The maximum atomic E-state index is 12.3. The quantitative estimate of drug-likeness (QED) is 0.842. The molecule has 0 radical (unpaired) electrons. The zero-order valence-electron chi connectivity index (χ0n) is 12.5. The third kappa shape index (κ3) is 4.03. The molecule has 1 aromatic carbocycles. The molecule has 1 aromatic rings. The van der Waals surface area contributed by atoms with Gasteiger partial charge in [0.2, 0.25) is 10.0 Å². The van der Waals surface area contributed by atoms with Gasteiger partial charge in [-0.2, -0.15) is 0 Å². The maximum absolute atomic E-state index is 12.3. The van der Waals surface area contributed by atoms with Crippen LogP contribution in [0, 0.1) is 0 Å². The summed E-state index contributed by atoms with van der Waals surface area (Å²) in [6, 6.07) is 6.44. The minimum Gasteiger partial charge on any atom is -0.388 e. The maximum Gasteiger partial charge on any atom is 0.240 e. The monoisotopic (exact) mass is 313 g/mol. The Labute approximate surface area is 126 Å². The molecular formula is C15H23NO4S. The molecule has 1 aliphatic heterocycles. The molecule has 6 heteroatoms. The van der Waals surface area contributed by atoms with Gasteiger partial charge in [-0.3, -0.25) is 0 Å². The van der Waals surface area contributed by atoms with E-state index in [2.05, 4.69) is 4.72 Å². The second kappa shape index (κ2) is 6.44. The topological polar surface area (TPSA) is 75.6 Å². The third-order valence-electron chi connectivity index (χ3n) is 3.88. The summed E-state index contributed by atoms with van der Waals surface area (Å²) in [5.74, 6) is 0. The molecule has 0 bridgehead atoms. The molecule has 1 fully saturated rings. The van der Waals surface area contributed by atoms with E-state index in [0.717, 1.165) is 12.8 Å². The lowest BCUT2D eigenvalue weighted by molar-refractivity contribution is 0.0250. The van der Waals surface area contributed by atoms with Gasteiger partial charge in [0.15, 0.2) is 0 Å². The summed E-state index contributed by atoms with van der Waals surface area (Å²) >= 11 is 0. The van der Waals surface area contributed by atoms with Crippen molar-refractivity contribution in [2.24, 2.45) is 0 Å². The summed E-state index contributed by atoms with van der Waals surface area (Å²) in [5, 5.41) is 9.83. The van der Waals surface area contributed by atoms with Crippen molar-refractivity contribution in [1.29, 1.82) is 0 Å². The van der Waals surface area contributed by atoms with Crippen LogP contribution in [0.4, 0.5) is 0 Å². The summed E-state index contributed by atoms with van der Waals surface area (Å²) in [6.45, 7) is 4.70. The van der Waals surface area contributed by atoms with E-state index in [1.54, 1.807) is 12.1 Å². The molecule has 5 nitrogen and oxygen atoms in total. The number of sulfonamides is 1. The molecule has 2 N–H and O–H groups in total. The number of benzene rings is 1. The predicted molar refractivity (Wildman–Crippen MR) is 80.5 cm³/mol. The molecule has 2 rings (SSSR count). The highest BCUT2D eigenvalue weighted by Crippen LogP contribution is 2.25. The second-order valence-corrected chi connectivity index (χ2v) is 7.49. The molecular weight excluding hydrogens is 290 g/mol. The highest BCUT2D eigenvalue weighted by Gasteiger charge is 2.31. The van der Waals surface area contributed by atoms with Crippen LogP contribution in [0.25, 0.3) is 0 Å². The first-order valence-electron chi connectivity index (χ1n) is 7.28. The second-order valence-electron chi connectivity index (χ2n) is 5.72. The van der Waals surface area contributed by atoms with Crippen LogP contribution in [-0.4, -0.2) is 32.3 Å². The van der Waals surface area contributed by atoms with Crippen molar-refractivity contribution in [1.82, 2.24) is 4.72 Å². The normalized spacial score (nSPS) is 24.1. The van der Waals surface area contributed by atoms with Crippen molar-refractivity contribution in [2.75, 3.05) is 13.2 Å². The zero-order valence-corrected chi connectivity index (χ0v) is 13.3. The van der Waals surface area contributed by atoms with Crippen LogP contribution in [0.5, 0.6) is 0 Å². The van der Waals surface area contributed by atoms with E-state index >= 15 is 0 Å². The van der Waals surface area contributed by atoms with Crippen molar-refractivity contribution in [3.05, 3.63) is 29.8 Å². The Hall–Kier alpha value is -0.950. The lowest BCUT2D eigenvalue weighted by atomic mass is 10.0. The Morgan fingerprint density at radius 2 is 2.24 bits per heavy atom. The summed E-state index contributed by atoms with van der Waals surface area (Å²) < 4.78 is 32.9. The number of hydrogen-bond donors (Lipinski definition) is 2. The van der Waals surface area contributed by atoms with Crippen LogP contribution < -0.4 is 4.72 Å². The van der Waals surface area contributed by atoms with E-state index in [1.807, 2.05) is 13.8 Å². The molecule has 1 saturated heterocycles. The Morgan fingerprint density at radius 3 is 2.86 bits per heavy atom. The molecule has 2 atom stereocenters. The van der Waals surface area contributed by atoms with E-state index in [9.17, 15) is 13.5 Å². The van der Waals surface area contributed by atoms with Crippen molar-refractivity contribution in [3.63, 3.8) is 0 Å². The fraction of sp³-hybridized carbons (Fsp3) is 0.600. The lowest BCUT2D eigenvalue weighted by Gasteiger charge is -2.23. The number of rotatable bonds is 6. The highest BCUT2D eigenvalue weighted by molar-refractivity contribution is 7.89. The van der Waals surface area contributed by atoms with E-state index in [-0.39, 0.29) is 11.4 Å². The van der Waals surface area contributed by atoms with Gasteiger partial charge in [0, 0.05) is 13.2 Å². The predicted octanol–water partition coefficient (Wildman–Crippen LogP) is 1.98. The minimum absolute atomic E-state index is 0.175. The summed E-state index contributed by atoms with van der Waals surface area (Å²) in [7, 11) is -3.59. The van der Waals surface area contributed by atoms with Gasteiger partial charge in [0.1, 0.15) is 0 Å². The van der Waals surface area contributed by atoms with E-state index in [4.69, 9.17) is 4.74 Å². The SMILES string of the molecule is CCC(O)c1cccc(S(=O)(=O)NCC2(C)CCCO2)c1. The largest absolute Gasteiger partial charge is 0.388 e. The average molecular weight is 313 g/mol. The molecule has 21 heavy (non-hydrogen) atoms. The Balaban J connectivity index is 2.12. The first-order chi connectivity index (χ1) is 9.86. The average Bonchev–Trinajstić information content (AvgIpc) is 2.92. The lowest BCUT2D eigenvalue weighted by Crippen LogP contribution is -2.40. The van der Waals surface area contributed by atoms with Crippen LogP contribution in [0.2, 0.25) is 0 Å². The molecule has 0 amide bonds. The van der Waals surface area contributed by atoms with Gasteiger partial charge in [0.25, 0.3) is 0 Å². The van der Waals surface area contributed by atoms with Crippen LogP contribution in [0.3, 0.4) is 0 Å². The van der Waals surface area contributed by atoms with Crippen molar-refractivity contribution < 1.29 is 18.3 Å². The van der Waals surface area contributed by atoms with E-state index in [1.165, 1.54) is 12.1 Å². The minimum atomic E-state index is -3.59. The number of aliphatic hydroxyl groups excluding tert-OH is 1. The van der Waals surface area contributed by atoms with Gasteiger partial charge in [-0.15, -0.1) is 0 Å². The van der Waals surface area contributed by atoms with Crippen LogP contribution in [-0.2, 0) is 14.8 Å². The Morgan fingerprint density at radius 1 is 1.48 bits per heavy atom. The number of nitrogens with one attached hydrogen (secondary N) is 1. The van der Waals surface area contributed by atoms with Crippen molar-refractivity contribution >= 4 is 10.0 Å². The summed E-state index contributed by atoms with van der Waals surface area (Å²) in [5.41, 5.74) is 0.192. The first kappa shape index (κ1) is 16.4. The first-order valence-corrected chi connectivity index (χ1v) is 8.76. The van der Waals surface area contributed by atoms with Gasteiger partial charge >= 0.3 is 0 Å². The summed E-state index contributed by atoms with van der Waals surface area (Å²) in [4.78, 5) is 0.175. The zero-order chi connectivity index (χ0) is 15.5. The number of ether oxygens (including phenoxy) is 1. The van der Waals surface area contributed by atoms with Crippen LogP contribution in [0.1, 0.15) is 44.8 Å². The molecule has 0 spiro atoms. The molecule has 0 aliphatic carbocycles. The molecule has 118 valence electrons. The molecule has 0 saturated carbocycles. The van der Waals surface area contributed by atoms with Gasteiger partial charge in [0.05, 0.1) is 16.6 Å². The van der Waals surface area contributed by atoms with Gasteiger partial charge in [-0.1, -0.05) is 19.1 Å². The van der Waals surface area contributed by atoms with Crippen LogP contribution in [0.15, 0.2) is 29.2 Å². The number of aliphatic hydroxyl groups is 1. The standard InChI is InChI=1S/C15H23NO4S/c1-3-14(17)12-6-4-7-13(10-12)21(18,19)16-11-15(2)8-5-9-20-15/h4,6-7,10,14,16-17H,3,5,8-9,11H2,1-2H3. The van der Waals surface area contributed by atoms with Crippen LogP contribution >= 0.6 is 0 Å². The fourth-order valence-electron chi connectivity index (χ4n) is 2.43. The molecule has 0 aromatic heterocycles. The number of hydrogen-bond acceptors (Lipinski definition) is 4. The van der Waals surface area contributed by atoms with Crippen molar-refractivity contribution in [3.8, 4) is 0 Å². The fourth-order valence-corrected chi connectivity index (χ4v) is 3.64. The van der Waals surface area contributed by atoms with Gasteiger partial charge in [-0.05, 0) is 43.9 Å². The molecule has 2 unspecified atom stereocenters. The van der Waals surface area contributed by atoms with Gasteiger partial charge in [-0.25, -0.2) is 13.1 Å². The molecule has 1 heterocycles. The Bertz CT molecular complexity index is 579. The van der Waals surface area contributed by atoms with Gasteiger partial charge < -0.3 is 9.84 Å². The van der Waals surface area contributed by atoms with Crippen molar-refractivity contribution in [2.45, 2.75) is 49.7 Å². The van der Waals surface area contributed by atoms with E-state index < -0.39 is 21.7 Å².